The second kappa shape index (κ2) is 11.5. The minimum atomic E-state index is -2.09. The number of ether oxygens (including phenoxy) is 1. The summed E-state index contributed by atoms with van der Waals surface area (Å²) < 4.78 is 6.68. The van der Waals surface area contributed by atoms with Gasteiger partial charge in [-0.2, -0.15) is 10.5 Å². The topological polar surface area (TPSA) is 91.0 Å². The minimum Gasteiger partial charge on any atom is -0.364 e. The van der Waals surface area contributed by atoms with Gasteiger partial charge in [0.2, 0.25) is 0 Å². The summed E-state index contributed by atoms with van der Waals surface area (Å²) in [5, 5.41) is 22.5. The van der Waals surface area contributed by atoms with Crippen LogP contribution in [0.15, 0.2) is 109 Å². The van der Waals surface area contributed by atoms with Crippen LogP contribution in [0.4, 0.5) is 0 Å². The van der Waals surface area contributed by atoms with Crippen LogP contribution in [-0.4, -0.2) is 11.6 Å². The molecule has 5 rings (SSSR count). The third-order valence-corrected chi connectivity index (χ3v) is 7.83. The molecule has 0 saturated carbocycles. The predicted octanol–water partition coefficient (Wildman–Crippen LogP) is 7.84. The number of hydrogen-bond acceptors (Lipinski definition) is 5. The van der Waals surface area contributed by atoms with Crippen molar-refractivity contribution < 1.29 is 14.3 Å². The Bertz CT molecular complexity index is 1490. The molecule has 0 aliphatic carbocycles. The fourth-order valence-corrected chi connectivity index (χ4v) is 5.64. The van der Waals surface area contributed by atoms with E-state index in [0.29, 0.717) is 21.2 Å². The zero-order valence-corrected chi connectivity index (χ0v) is 22.6. The quantitative estimate of drug-likeness (QED) is 0.222. The molecule has 1 fully saturated rings. The molecule has 0 amide bonds. The van der Waals surface area contributed by atoms with Gasteiger partial charge in [0.25, 0.3) is 0 Å². The molecule has 0 bridgehead atoms. The van der Waals surface area contributed by atoms with Crippen molar-refractivity contribution in [1.29, 1.82) is 10.5 Å². The molecule has 4 unspecified atom stereocenters. The smallest absolute Gasteiger partial charge is 0.171 e. The molecule has 5 nitrogen and oxygen atoms in total. The molecular formula is C33H22Cl2N2O3. The third-order valence-electron chi connectivity index (χ3n) is 7.33. The lowest BCUT2D eigenvalue weighted by atomic mass is 9.57. The Labute approximate surface area is 242 Å². The Morgan fingerprint density at radius 3 is 1.27 bits per heavy atom. The van der Waals surface area contributed by atoms with Crippen LogP contribution in [0.25, 0.3) is 0 Å². The van der Waals surface area contributed by atoms with Crippen LogP contribution in [0.5, 0.6) is 0 Å². The van der Waals surface area contributed by atoms with Crippen molar-refractivity contribution in [1.82, 2.24) is 0 Å². The second-order valence-electron chi connectivity index (χ2n) is 9.59. The number of nitriles is 2. The lowest BCUT2D eigenvalue weighted by Gasteiger charge is -2.48. The van der Waals surface area contributed by atoms with Gasteiger partial charge in [0.15, 0.2) is 17.0 Å². The van der Waals surface area contributed by atoms with E-state index < -0.39 is 41.0 Å². The average molecular weight is 565 g/mol. The molecule has 0 spiro atoms. The van der Waals surface area contributed by atoms with Crippen molar-refractivity contribution >= 4 is 34.8 Å². The van der Waals surface area contributed by atoms with Gasteiger partial charge >= 0.3 is 0 Å². The highest BCUT2D eigenvalue weighted by Crippen LogP contribution is 2.57. The van der Waals surface area contributed by atoms with Crippen molar-refractivity contribution in [3.63, 3.8) is 0 Å². The zero-order valence-electron chi connectivity index (χ0n) is 21.1. The maximum absolute atomic E-state index is 14.3. The van der Waals surface area contributed by atoms with Crippen molar-refractivity contribution in [2.24, 2.45) is 17.3 Å². The molecule has 4 atom stereocenters. The number of Topliss-reactive ketones (excluding diaryl/α,β-unsaturated/α-hetero) is 2. The summed E-state index contributed by atoms with van der Waals surface area (Å²) in [5.74, 6) is -3.64. The van der Waals surface area contributed by atoms with E-state index >= 15 is 0 Å². The first-order chi connectivity index (χ1) is 19.4. The molecule has 1 aliphatic heterocycles. The van der Waals surface area contributed by atoms with Gasteiger partial charge in [-0.3, -0.25) is 9.59 Å². The van der Waals surface area contributed by atoms with Gasteiger partial charge in [-0.1, -0.05) is 83.9 Å². The molecule has 7 heteroatoms. The molecule has 4 aromatic carbocycles. The van der Waals surface area contributed by atoms with E-state index in [1.54, 1.807) is 97.1 Å². The van der Waals surface area contributed by atoms with Crippen LogP contribution in [0, 0.1) is 39.9 Å². The lowest BCUT2D eigenvalue weighted by Crippen LogP contribution is -2.53. The van der Waals surface area contributed by atoms with Crippen molar-refractivity contribution in [3.05, 3.63) is 141 Å². The number of ketones is 2. The number of carbonyl (C=O) groups is 2. The van der Waals surface area contributed by atoms with Crippen LogP contribution in [0.2, 0.25) is 10.0 Å². The number of hydrogen-bond donors (Lipinski definition) is 0. The Kier molecular flexibility index (Phi) is 7.83. The summed E-state index contributed by atoms with van der Waals surface area (Å²) in [4.78, 5) is 28.5. The number of carbonyl (C=O) groups excluding carboxylic acids is 2. The molecule has 1 saturated heterocycles. The standard InChI is InChI=1S/C33H22Cl2N2O3/c34-25-15-11-21(12-16-25)29(38)27-31(23-7-3-1-4-8-23)40-32(24-9-5-2-6-10-24)28(33(27,19-36)20-37)30(39)22-13-17-26(35)18-14-22/h1-18,27-28,31-32H. The SMILES string of the molecule is N#CC1(C#N)C(C(=O)c2ccc(Cl)cc2)C(c2ccccc2)OC(c2ccccc2)C1C(=O)c1ccc(Cl)cc1. The van der Waals surface area contributed by atoms with Crippen LogP contribution in [0.1, 0.15) is 44.1 Å². The van der Waals surface area contributed by atoms with E-state index in [1.807, 2.05) is 12.1 Å². The first-order valence-electron chi connectivity index (χ1n) is 12.6. The number of rotatable bonds is 6. The van der Waals surface area contributed by atoms with E-state index in [0.717, 1.165) is 0 Å². The zero-order chi connectivity index (χ0) is 28.3. The van der Waals surface area contributed by atoms with Crippen molar-refractivity contribution in [2.75, 3.05) is 0 Å². The van der Waals surface area contributed by atoms with Crippen LogP contribution < -0.4 is 0 Å². The largest absolute Gasteiger partial charge is 0.364 e. The third kappa shape index (κ3) is 4.92. The molecular weight excluding hydrogens is 543 g/mol. The monoisotopic (exact) mass is 564 g/mol. The summed E-state index contributed by atoms with van der Waals surface area (Å²) >= 11 is 12.1. The summed E-state index contributed by atoms with van der Waals surface area (Å²) in [6.45, 7) is 0. The molecule has 196 valence electrons. The highest BCUT2D eigenvalue weighted by atomic mass is 35.5. The second-order valence-corrected chi connectivity index (χ2v) is 10.5. The maximum atomic E-state index is 14.3. The fourth-order valence-electron chi connectivity index (χ4n) is 5.39. The Morgan fingerprint density at radius 1 is 0.600 bits per heavy atom. The highest BCUT2D eigenvalue weighted by Gasteiger charge is 2.63. The van der Waals surface area contributed by atoms with Crippen LogP contribution >= 0.6 is 23.2 Å². The highest BCUT2D eigenvalue weighted by molar-refractivity contribution is 6.31. The van der Waals surface area contributed by atoms with Crippen LogP contribution in [-0.2, 0) is 4.74 Å². The van der Waals surface area contributed by atoms with Crippen LogP contribution in [0.3, 0.4) is 0 Å². The summed E-state index contributed by atoms with van der Waals surface area (Å²) in [6.07, 6.45) is -1.99. The summed E-state index contributed by atoms with van der Waals surface area (Å²) in [7, 11) is 0. The van der Waals surface area contributed by atoms with E-state index in [9.17, 15) is 20.1 Å². The van der Waals surface area contributed by atoms with E-state index in [1.165, 1.54) is 0 Å². The molecule has 4 aromatic rings. The Balaban J connectivity index is 1.77. The first-order valence-corrected chi connectivity index (χ1v) is 13.3. The van der Waals surface area contributed by atoms with Crippen molar-refractivity contribution in [3.8, 4) is 12.1 Å². The molecule has 1 heterocycles. The molecule has 40 heavy (non-hydrogen) atoms. The van der Waals surface area contributed by atoms with Gasteiger partial charge in [-0.15, -0.1) is 0 Å². The van der Waals surface area contributed by atoms with Gasteiger partial charge in [-0.25, -0.2) is 0 Å². The summed E-state index contributed by atoms with van der Waals surface area (Å²) in [5.41, 5.74) is -0.354. The summed E-state index contributed by atoms with van der Waals surface area (Å²) in [6, 6.07) is 34.8. The van der Waals surface area contributed by atoms with E-state index in [-0.39, 0.29) is 11.1 Å². The van der Waals surface area contributed by atoms with Gasteiger partial charge in [0, 0.05) is 21.2 Å². The lowest BCUT2D eigenvalue weighted by molar-refractivity contribution is -0.134. The predicted molar refractivity (Wildman–Crippen MR) is 152 cm³/mol. The number of halogens is 2. The average Bonchev–Trinajstić information content (AvgIpc) is 3.01. The maximum Gasteiger partial charge on any atom is 0.171 e. The number of benzene rings is 4. The van der Waals surface area contributed by atoms with Gasteiger partial charge in [0.1, 0.15) is 0 Å². The van der Waals surface area contributed by atoms with E-state index in [2.05, 4.69) is 12.1 Å². The normalized spacial score (nSPS) is 21.5. The van der Waals surface area contributed by atoms with E-state index in [4.69, 9.17) is 27.9 Å². The molecule has 0 radical (unpaired) electrons. The van der Waals surface area contributed by atoms with Crippen molar-refractivity contribution in [2.45, 2.75) is 12.2 Å². The Hall–Kier alpha value is -4.26. The Morgan fingerprint density at radius 2 is 0.950 bits per heavy atom. The fraction of sp³-hybridized carbons (Fsp3) is 0.152. The molecule has 0 N–H and O–H groups in total. The number of nitrogens with zero attached hydrogens (tertiary/aromatic N) is 2. The molecule has 1 aliphatic rings. The first kappa shape index (κ1) is 27.3. The van der Waals surface area contributed by atoms with Gasteiger partial charge in [0.05, 0.1) is 36.2 Å². The van der Waals surface area contributed by atoms with Gasteiger partial charge in [-0.05, 0) is 59.7 Å². The van der Waals surface area contributed by atoms with Gasteiger partial charge < -0.3 is 4.74 Å². The minimum absolute atomic E-state index is 0.254. The molecule has 0 aromatic heterocycles.